The van der Waals surface area contributed by atoms with Gasteiger partial charge in [-0.3, -0.25) is 14.6 Å². The Hall–Kier alpha value is -7.90. The molecule has 2 heterocycles. The summed E-state index contributed by atoms with van der Waals surface area (Å²) in [4.78, 5) is 41.7. The maximum absolute atomic E-state index is 12.6. The van der Waals surface area contributed by atoms with Crippen LogP contribution in [0.3, 0.4) is 0 Å². The zero-order valence-corrected chi connectivity index (χ0v) is 63.2. The number of ketones is 2. The predicted octanol–water partition coefficient (Wildman–Crippen LogP) is 16.0. The average Bonchev–Trinajstić information content (AvgIpc) is 0.730. The normalized spacial score (nSPS) is 15.5. The van der Waals surface area contributed by atoms with E-state index in [-0.39, 0.29) is 32.0 Å². The van der Waals surface area contributed by atoms with E-state index < -0.39 is 57.0 Å². The van der Waals surface area contributed by atoms with Gasteiger partial charge in [-0.1, -0.05) is 54.0 Å². The molecule has 3 N–H and O–H groups in total. The number of ether oxygens (including phenoxy) is 2. The zero-order valence-electron chi connectivity index (χ0n) is 56.7. The Labute approximate surface area is 594 Å². The van der Waals surface area contributed by atoms with Crippen LogP contribution in [0.25, 0.3) is 54.3 Å². The molecule has 0 saturated carbocycles. The first-order valence-electron chi connectivity index (χ1n) is 31.5. The Bertz CT molecular complexity index is 5410. The highest BCUT2D eigenvalue weighted by Crippen LogP contribution is 2.46. The smallest absolute Gasteiger partial charge is 0.337 e. The second-order valence-electron chi connectivity index (χ2n) is 26.7. The van der Waals surface area contributed by atoms with Gasteiger partial charge in [0.05, 0.1) is 41.8 Å². The number of aryl methyl sites for hydroxylation is 3. The van der Waals surface area contributed by atoms with Crippen LogP contribution in [0, 0.1) is 32.6 Å². The number of phenols is 2. The maximum atomic E-state index is 12.6. The van der Waals surface area contributed by atoms with Crippen LogP contribution in [0.2, 0.25) is 0 Å². The van der Waals surface area contributed by atoms with Crippen LogP contribution in [0.1, 0.15) is 113 Å². The summed E-state index contributed by atoms with van der Waals surface area (Å²) in [5, 5.41) is 35.0. The number of Topliss-reactive ketones (excluding diaryl/α,β-unsaturated/α-hetero) is 2. The molecule has 0 saturated heterocycles. The third kappa shape index (κ3) is 17.6. The molecule has 3 atom stereocenters. The zero-order chi connectivity index (χ0) is 72.8. The van der Waals surface area contributed by atoms with Gasteiger partial charge in [-0.15, -0.1) is 0 Å². The number of sulfone groups is 4. The molecule has 2 unspecified atom stereocenters. The fraction of sp³-hybridized carbons (Fsp3) is 0.289. The second kappa shape index (κ2) is 29.4. The van der Waals surface area contributed by atoms with Crippen LogP contribution in [0.4, 0.5) is 0 Å². The van der Waals surface area contributed by atoms with Crippen molar-refractivity contribution >= 4 is 132 Å². The number of phenolic OH excluding ortho intramolecular Hbond substituents is 2. The summed E-state index contributed by atoms with van der Waals surface area (Å²) in [7, 11) is -13.0. The van der Waals surface area contributed by atoms with Gasteiger partial charge in [-0.25, -0.2) is 38.5 Å². The number of fused-ring (bicyclic) bond motifs is 5. The number of halogens is 2. The van der Waals surface area contributed by atoms with Gasteiger partial charge >= 0.3 is 5.97 Å². The van der Waals surface area contributed by atoms with Gasteiger partial charge in [-0.2, -0.15) is 0 Å². The Morgan fingerprint density at radius 1 is 0.566 bits per heavy atom. The second-order valence-corrected chi connectivity index (χ2v) is 36.5. The average molecular weight is 1550 g/mol. The van der Waals surface area contributed by atoms with Crippen LogP contribution in [0.15, 0.2) is 168 Å². The number of carbonyl (C=O) groups excluding carboxylic acids is 2. The highest BCUT2D eigenvalue weighted by atomic mass is 79.9. The fourth-order valence-corrected chi connectivity index (χ4v) is 15.9. The molecule has 0 amide bonds. The summed E-state index contributed by atoms with van der Waals surface area (Å²) in [6.07, 6.45) is 9.02. The molecule has 1 aromatic heterocycles. The Morgan fingerprint density at radius 3 is 1.59 bits per heavy atom. The molecule has 10 aromatic rings. The number of carboxylic acids is 1. The van der Waals surface area contributed by atoms with E-state index in [0.29, 0.717) is 95.8 Å². The van der Waals surface area contributed by atoms with E-state index in [1.54, 1.807) is 66.9 Å². The molecule has 0 fully saturated rings. The van der Waals surface area contributed by atoms with E-state index >= 15 is 0 Å². The van der Waals surface area contributed by atoms with Crippen molar-refractivity contribution in [1.82, 2.24) is 4.98 Å². The Morgan fingerprint density at radius 2 is 1.04 bits per heavy atom. The first-order valence-corrected chi connectivity index (χ1v) is 40.7. The monoisotopic (exact) mass is 1550 g/mol. The minimum absolute atomic E-state index is 0.119. The fourth-order valence-electron chi connectivity index (χ4n) is 12.5. The summed E-state index contributed by atoms with van der Waals surface area (Å²) >= 11 is 6.71. The van der Waals surface area contributed by atoms with Gasteiger partial charge in [0.25, 0.3) is 0 Å². The van der Waals surface area contributed by atoms with Crippen molar-refractivity contribution in [3.05, 3.63) is 199 Å². The Balaban J connectivity index is 0.000000155. The van der Waals surface area contributed by atoms with Crippen molar-refractivity contribution in [2.75, 3.05) is 31.6 Å². The van der Waals surface area contributed by atoms with Crippen molar-refractivity contribution in [3.63, 3.8) is 0 Å². The lowest BCUT2D eigenvalue weighted by Crippen LogP contribution is -2.28. The summed E-state index contributed by atoms with van der Waals surface area (Å²) in [6, 6.07) is 38.0. The van der Waals surface area contributed by atoms with Crippen LogP contribution in [-0.2, 0) is 68.1 Å². The van der Waals surface area contributed by atoms with E-state index in [4.69, 9.17) is 14.5 Å². The number of pyridine rings is 1. The van der Waals surface area contributed by atoms with E-state index in [0.717, 1.165) is 79.0 Å². The molecule has 0 bridgehead atoms. The lowest BCUT2D eigenvalue weighted by molar-refractivity contribution is -0.160. The molecule has 0 radical (unpaired) electrons. The van der Waals surface area contributed by atoms with E-state index in [9.17, 15) is 63.4 Å². The molecule has 3 aliphatic rings. The van der Waals surface area contributed by atoms with Crippen molar-refractivity contribution in [3.8, 4) is 28.4 Å². The highest BCUT2D eigenvalue weighted by Gasteiger charge is 2.33. The van der Waals surface area contributed by atoms with E-state index in [1.807, 2.05) is 97.0 Å². The number of carboxylic acid groups (broad SMARTS) is 1. The lowest BCUT2D eigenvalue weighted by atomic mass is 9.84. The first kappa shape index (κ1) is 75.3. The number of aromatic nitrogens is 1. The quantitative estimate of drug-likeness (QED) is 0.127. The first-order chi connectivity index (χ1) is 46.1. The molecule has 23 heteroatoms. The van der Waals surface area contributed by atoms with Gasteiger partial charge in [0.15, 0.2) is 57.0 Å². The van der Waals surface area contributed by atoms with Crippen LogP contribution in [-0.4, -0.2) is 109 Å². The third-order valence-electron chi connectivity index (χ3n) is 17.1. The number of aromatic hydroxyl groups is 2. The maximum Gasteiger partial charge on any atom is 0.337 e. The number of benzene rings is 9. The number of hydrogen-bond acceptors (Lipinski definition) is 16. The minimum Gasteiger partial charge on any atom is -0.507 e. The number of hydrogen-bond donors (Lipinski definition) is 3. The summed E-state index contributed by atoms with van der Waals surface area (Å²) < 4.78 is 107. The van der Waals surface area contributed by atoms with Crippen LogP contribution >= 0.6 is 31.9 Å². The Kier molecular flexibility index (Phi) is 22.3. The van der Waals surface area contributed by atoms with Crippen LogP contribution < -0.4 is 4.74 Å². The number of carbonyl (C=O) groups is 3. The van der Waals surface area contributed by atoms with Gasteiger partial charge < -0.3 is 24.8 Å². The van der Waals surface area contributed by atoms with Crippen molar-refractivity contribution < 1.29 is 72.8 Å². The standard InChI is InChI=1S/C29H29NO6S.C12H11BrO3S.C12H14O3S.C12H12O3S.C11H11BrO/c1-16-14-18-15-19(37(5,33)34)6-7-20(18)25(23(16)27(28(31)32)36-29(2,3)4)21-8-9-22-24-17(11-13-35-22)10-12-30-26(21)24;1-7-5-8-6-9(17(2,15)16)3-4-10(8)12(14)11(7)13;2*1-8-5-9-7-10(16(2,14)15)3-4-11(9)12(13)6-8;1-7-4-8-6-9(12)2-3-10(8)11(13)5-7/h6-10,12,14-15,27H,11,13H2,1-5H3,(H,31,32);3-6,14H,1-2H3;3-4,7-8H,5-6H2,1-2H3;3-7,13H,1-2H3;2-3,6-7H,4-5H2,1H3/t27-;;;;/m0..../s1. The molecule has 2 aliphatic carbocycles. The van der Waals surface area contributed by atoms with E-state index in [1.165, 1.54) is 48.8 Å². The summed E-state index contributed by atoms with van der Waals surface area (Å²) in [5.74, 6) is 1.16. The summed E-state index contributed by atoms with van der Waals surface area (Å²) in [6.45, 7) is 15.7. The minimum atomic E-state index is -3.44. The van der Waals surface area contributed by atoms with Gasteiger partial charge in [0.2, 0.25) is 0 Å². The van der Waals surface area contributed by atoms with E-state index in [2.05, 4.69) is 44.8 Å². The third-order valence-corrected chi connectivity index (χ3v) is 23.0. The molecule has 520 valence electrons. The highest BCUT2D eigenvalue weighted by molar-refractivity contribution is 9.10. The molecule has 17 nitrogen and oxygen atoms in total. The molecule has 99 heavy (non-hydrogen) atoms. The number of nitrogens with zero attached hydrogens (tertiary/aromatic N) is 1. The molecule has 0 spiro atoms. The van der Waals surface area contributed by atoms with Crippen molar-refractivity contribution in [2.24, 2.45) is 11.8 Å². The van der Waals surface area contributed by atoms with Crippen molar-refractivity contribution in [2.45, 2.75) is 119 Å². The van der Waals surface area contributed by atoms with Gasteiger partial charge in [-0.05, 0) is 252 Å². The van der Waals surface area contributed by atoms with Crippen molar-refractivity contribution in [1.29, 1.82) is 0 Å². The largest absolute Gasteiger partial charge is 0.507 e. The SMILES string of the molecule is CC1CC(=O)c2ccc(Br)cc2C1.CC1CC(=O)c2ccc(S(C)(=O)=O)cc2C1.Cc1cc(O)c2ccc(S(C)(=O)=O)cc2c1.Cc1cc2cc(S(C)(=O)=O)ccc2c(-c2ccc3c4c(ccnc24)CCO3)c1[C@H](OC(C)(C)C)C(=O)O.Cc1cc2cc(S(C)(=O)=O)ccc2c(O)c1Br. The van der Waals surface area contributed by atoms with Crippen LogP contribution in [0.5, 0.6) is 17.2 Å². The van der Waals surface area contributed by atoms with Gasteiger partial charge in [0.1, 0.15) is 17.2 Å². The molecule has 13 rings (SSSR count). The van der Waals surface area contributed by atoms with Gasteiger partial charge in [0, 0.05) is 93.4 Å². The number of aliphatic carboxylic acids is 1. The molecular formula is C76H77Br2NO16S4. The molecule has 9 aromatic carbocycles. The topological polar surface area (TPSA) is 280 Å². The summed E-state index contributed by atoms with van der Waals surface area (Å²) in [5.41, 5.74) is 9.12. The number of rotatable bonds is 8. The molecular weight excluding hydrogens is 1470 g/mol. The lowest BCUT2D eigenvalue weighted by Gasteiger charge is -2.29. The predicted molar refractivity (Wildman–Crippen MR) is 395 cm³/mol. The molecule has 1 aliphatic heterocycles.